The van der Waals surface area contributed by atoms with Crippen molar-refractivity contribution in [3.05, 3.63) is 113 Å². The topological polar surface area (TPSA) is 67.4 Å². The fourth-order valence-corrected chi connectivity index (χ4v) is 5.59. The van der Waals surface area contributed by atoms with E-state index in [0.29, 0.717) is 18.5 Å². The standard InChI is InChI=1S/C33H34N2O3/c1-21-29(32(37)34-20-22-10-16-26(38-4)17-11-22)30(31-27(35-21)18-33(2,3)19-28(31)36)25-14-12-24(13-15-25)23-8-6-5-7-9-23/h5-17,30,35H,18-20H2,1-4H3,(H,34,37). The molecule has 5 rings (SSSR count). The van der Waals surface area contributed by atoms with Gasteiger partial charge in [0.2, 0.25) is 5.91 Å². The van der Waals surface area contributed by atoms with Gasteiger partial charge in [0.25, 0.3) is 0 Å². The smallest absolute Gasteiger partial charge is 0.250 e. The van der Waals surface area contributed by atoms with E-state index >= 15 is 0 Å². The molecule has 0 saturated carbocycles. The Kier molecular flexibility index (Phi) is 6.94. The van der Waals surface area contributed by atoms with Crippen LogP contribution < -0.4 is 15.4 Å². The first kappa shape index (κ1) is 25.5. The van der Waals surface area contributed by atoms with Gasteiger partial charge in [0.1, 0.15) is 5.75 Å². The number of ketones is 1. The number of allylic oxidation sites excluding steroid dienone is 3. The molecule has 3 aromatic rings. The number of hydrogen-bond donors (Lipinski definition) is 2. The van der Waals surface area contributed by atoms with E-state index in [-0.39, 0.29) is 17.1 Å². The monoisotopic (exact) mass is 506 g/mol. The molecule has 0 radical (unpaired) electrons. The van der Waals surface area contributed by atoms with Gasteiger partial charge in [-0.05, 0) is 53.1 Å². The summed E-state index contributed by atoms with van der Waals surface area (Å²) >= 11 is 0. The SMILES string of the molecule is COc1ccc(CNC(=O)C2=C(C)NC3=C(C(=O)CC(C)(C)C3)C2c2ccc(-c3ccccc3)cc2)cc1. The number of rotatable bonds is 6. The Morgan fingerprint density at radius 3 is 2.26 bits per heavy atom. The fraction of sp³-hybridized carbons (Fsp3) is 0.273. The number of Topliss-reactive ketones (excluding diaryl/α,β-unsaturated/α-hetero) is 1. The van der Waals surface area contributed by atoms with Crippen LogP contribution in [0, 0.1) is 5.41 Å². The minimum Gasteiger partial charge on any atom is -0.497 e. The second-order valence-corrected chi connectivity index (χ2v) is 10.9. The molecule has 0 bridgehead atoms. The molecular weight excluding hydrogens is 472 g/mol. The van der Waals surface area contributed by atoms with Crippen LogP contribution in [0.4, 0.5) is 0 Å². The first-order valence-electron chi connectivity index (χ1n) is 13.1. The van der Waals surface area contributed by atoms with E-state index in [4.69, 9.17) is 4.74 Å². The third-order valence-corrected chi connectivity index (χ3v) is 7.45. The Labute approximate surface area is 224 Å². The lowest BCUT2D eigenvalue weighted by molar-refractivity contribution is -0.118. The normalized spacial score (nSPS) is 18.5. The zero-order chi connectivity index (χ0) is 26.9. The molecule has 1 amide bonds. The van der Waals surface area contributed by atoms with E-state index in [9.17, 15) is 9.59 Å². The van der Waals surface area contributed by atoms with Gasteiger partial charge in [0.05, 0.1) is 7.11 Å². The molecule has 1 heterocycles. The Hall–Kier alpha value is -4.12. The molecule has 2 aliphatic rings. The Bertz CT molecular complexity index is 1420. The summed E-state index contributed by atoms with van der Waals surface area (Å²) in [5, 5.41) is 6.54. The van der Waals surface area contributed by atoms with Gasteiger partial charge in [0.15, 0.2) is 5.78 Å². The van der Waals surface area contributed by atoms with Crippen LogP contribution in [0.1, 0.15) is 50.7 Å². The number of dihydropyridines is 1. The fourth-order valence-electron chi connectivity index (χ4n) is 5.59. The van der Waals surface area contributed by atoms with Crippen LogP contribution in [0.15, 0.2) is 101 Å². The van der Waals surface area contributed by atoms with Crippen molar-refractivity contribution >= 4 is 11.7 Å². The maximum Gasteiger partial charge on any atom is 0.250 e. The van der Waals surface area contributed by atoms with Crippen LogP contribution >= 0.6 is 0 Å². The number of benzene rings is 3. The molecule has 1 aliphatic carbocycles. The lowest BCUT2D eigenvalue weighted by Gasteiger charge is -2.39. The second-order valence-electron chi connectivity index (χ2n) is 10.9. The maximum atomic E-state index is 13.7. The number of carbonyl (C=O) groups is 2. The summed E-state index contributed by atoms with van der Waals surface area (Å²) in [5.41, 5.74) is 7.06. The van der Waals surface area contributed by atoms with E-state index in [1.807, 2.05) is 49.4 Å². The van der Waals surface area contributed by atoms with E-state index in [2.05, 4.69) is 60.9 Å². The molecule has 1 unspecified atom stereocenters. The number of ether oxygens (including phenoxy) is 1. The molecule has 1 aliphatic heterocycles. The summed E-state index contributed by atoms with van der Waals surface area (Å²) in [6, 6.07) is 26.1. The largest absolute Gasteiger partial charge is 0.497 e. The van der Waals surface area contributed by atoms with Crippen LogP contribution in [0.2, 0.25) is 0 Å². The van der Waals surface area contributed by atoms with Crippen molar-refractivity contribution in [3.63, 3.8) is 0 Å². The minimum absolute atomic E-state index is 0.105. The summed E-state index contributed by atoms with van der Waals surface area (Å²) in [7, 11) is 1.63. The zero-order valence-electron chi connectivity index (χ0n) is 22.4. The highest BCUT2D eigenvalue weighted by Gasteiger charge is 2.42. The Balaban J connectivity index is 1.50. The molecule has 194 valence electrons. The van der Waals surface area contributed by atoms with Crippen molar-refractivity contribution in [1.82, 2.24) is 10.6 Å². The molecular formula is C33H34N2O3. The van der Waals surface area contributed by atoms with Gasteiger partial charge in [0, 0.05) is 41.4 Å². The molecule has 0 fully saturated rings. The number of nitrogens with one attached hydrogen (secondary N) is 2. The van der Waals surface area contributed by atoms with Crippen molar-refractivity contribution < 1.29 is 14.3 Å². The number of methoxy groups -OCH3 is 1. The summed E-state index contributed by atoms with van der Waals surface area (Å²) in [6.07, 6.45) is 1.23. The third-order valence-electron chi connectivity index (χ3n) is 7.45. The third kappa shape index (κ3) is 5.14. The van der Waals surface area contributed by atoms with E-state index in [1.165, 1.54) is 0 Å². The average molecular weight is 507 g/mol. The first-order valence-corrected chi connectivity index (χ1v) is 13.1. The predicted octanol–water partition coefficient (Wildman–Crippen LogP) is 6.28. The van der Waals surface area contributed by atoms with Gasteiger partial charge >= 0.3 is 0 Å². The molecule has 5 nitrogen and oxygen atoms in total. The Morgan fingerprint density at radius 2 is 1.61 bits per heavy atom. The first-order chi connectivity index (χ1) is 18.3. The molecule has 0 saturated heterocycles. The predicted molar refractivity (Wildman–Crippen MR) is 150 cm³/mol. The van der Waals surface area contributed by atoms with Gasteiger partial charge in [-0.15, -0.1) is 0 Å². The minimum atomic E-state index is -0.421. The lowest BCUT2D eigenvalue weighted by atomic mass is 9.68. The highest BCUT2D eigenvalue weighted by atomic mass is 16.5. The molecule has 0 aromatic heterocycles. The summed E-state index contributed by atoms with van der Waals surface area (Å²) < 4.78 is 5.24. The summed E-state index contributed by atoms with van der Waals surface area (Å²) in [5.74, 6) is 0.281. The molecule has 0 spiro atoms. The van der Waals surface area contributed by atoms with Crippen molar-refractivity contribution in [1.29, 1.82) is 0 Å². The summed E-state index contributed by atoms with van der Waals surface area (Å²) in [4.78, 5) is 27.3. The summed E-state index contributed by atoms with van der Waals surface area (Å²) in [6.45, 7) is 6.56. The van der Waals surface area contributed by atoms with Crippen LogP contribution in [-0.2, 0) is 16.1 Å². The lowest BCUT2D eigenvalue weighted by Crippen LogP contribution is -2.40. The average Bonchev–Trinajstić information content (AvgIpc) is 2.91. The second kappa shape index (κ2) is 10.3. The highest BCUT2D eigenvalue weighted by Crippen LogP contribution is 2.46. The van der Waals surface area contributed by atoms with Crippen molar-refractivity contribution in [3.8, 4) is 16.9 Å². The van der Waals surface area contributed by atoms with Crippen LogP contribution in [0.25, 0.3) is 11.1 Å². The van der Waals surface area contributed by atoms with Gasteiger partial charge < -0.3 is 15.4 Å². The van der Waals surface area contributed by atoms with Gasteiger partial charge in [-0.25, -0.2) is 0 Å². The van der Waals surface area contributed by atoms with E-state index in [0.717, 1.165) is 51.4 Å². The molecule has 1 atom stereocenters. The van der Waals surface area contributed by atoms with Crippen molar-refractivity contribution in [2.75, 3.05) is 7.11 Å². The molecule has 2 N–H and O–H groups in total. The van der Waals surface area contributed by atoms with E-state index < -0.39 is 5.92 Å². The van der Waals surface area contributed by atoms with Gasteiger partial charge in [-0.3, -0.25) is 9.59 Å². The van der Waals surface area contributed by atoms with Crippen molar-refractivity contribution in [2.24, 2.45) is 5.41 Å². The molecule has 5 heteroatoms. The molecule has 38 heavy (non-hydrogen) atoms. The van der Waals surface area contributed by atoms with Crippen molar-refractivity contribution in [2.45, 2.75) is 46.1 Å². The van der Waals surface area contributed by atoms with Gasteiger partial charge in [-0.2, -0.15) is 0 Å². The number of carbonyl (C=O) groups excluding carboxylic acids is 2. The Morgan fingerprint density at radius 1 is 0.947 bits per heavy atom. The molecule has 3 aromatic carbocycles. The van der Waals surface area contributed by atoms with Crippen LogP contribution in [0.3, 0.4) is 0 Å². The quantitative estimate of drug-likeness (QED) is 0.413. The number of amides is 1. The van der Waals surface area contributed by atoms with Crippen LogP contribution in [0.5, 0.6) is 5.75 Å². The number of hydrogen-bond acceptors (Lipinski definition) is 4. The van der Waals surface area contributed by atoms with E-state index in [1.54, 1.807) is 7.11 Å². The zero-order valence-corrected chi connectivity index (χ0v) is 22.4. The van der Waals surface area contributed by atoms with Crippen LogP contribution in [-0.4, -0.2) is 18.8 Å². The highest BCUT2D eigenvalue weighted by molar-refractivity contribution is 6.05. The maximum absolute atomic E-state index is 13.7. The van der Waals surface area contributed by atoms with Gasteiger partial charge in [-0.1, -0.05) is 80.6 Å².